The van der Waals surface area contributed by atoms with E-state index in [0.29, 0.717) is 0 Å². The van der Waals surface area contributed by atoms with Gasteiger partial charge < -0.3 is 10.2 Å². The Morgan fingerprint density at radius 1 is 1.21 bits per heavy atom. The Hall–Kier alpha value is -0.810. The predicted molar refractivity (Wildman–Crippen MR) is 80.8 cm³/mol. The summed E-state index contributed by atoms with van der Waals surface area (Å²) in [7, 11) is 0. The zero-order chi connectivity index (χ0) is 14.4. The largest absolute Gasteiger partial charge is 0.504 e. The number of aromatic hydroxyl groups is 2. The standard InChI is InChI=1S/C14H18O3S2/c1-14(2,3)12(17)11-7-5-9(15)10(16)6-8(7)13(18-4)19-11/h5-6,11,13,15-16H,1-4H3. The van der Waals surface area contributed by atoms with E-state index in [9.17, 15) is 15.0 Å². The van der Waals surface area contributed by atoms with Crippen molar-refractivity contribution in [2.24, 2.45) is 5.41 Å². The van der Waals surface area contributed by atoms with Gasteiger partial charge in [0, 0.05) is 5.41 Å². The summed E-state index contributed by atoms with van der Waals surface area (Å²) in [6.07, 6.45) is 1.98. The predicted octanol–water partition coefficient (Wildman–Crippen LogP) is 3.86. The van der Waals surface area contributed by atoms with E-state index in [1.54, 1.807) is 29.6 Å². The van der Waals surface area contributed by atoms with Gasteiger partial charge in [-0.1, -0.05) is 20.8 Å². The van der Waals surface area contributed by atoms with E-state index in [1.807, 2.05) is 27.0 Å². The Bertz CT molecular complexity index is 520. The number of rotatable bonds is 2. The molecule has 104 valence electrons. The summed E-state index contributed by atoms with van der Waals surface area (Å²) >= 11 is 3.22. The molecular formula is C14H18O3S2. The average molecular weight is 298 g/mol. The van der Waals surface area contributed by atoms with Gasteiger partial charge in [0.2, 0.25) is 0 Å². The lowest BCUT2D eigenvalue weighted by molar-refractivity contribution is -0.125. The van der Waals surface area contributed by atoms with Crippen LogP contribution < -0.4 is 0 Å². The second-order valence-electron chi connectivity index (χ2n) is 5.67. The highest BCUT2D eigenvalue weighted by Crippen LogP contribution is 2.58. The molecule has 0 aromatic heterocycles. The van der Waals surface area contributed by atoms with Gasteiger partial charge in [0.05, 0.1) is 9.83 Å². The molecule has 0 aliphatic carbocycles. The van der Waals surface area contributed by atoms with Gasteiger partial charge in [-0.3, -0.25) is 4.79 Å². The zero-order valence-corrected chi connectivity index (χ0v) is 13.1. The molecule has 2 N–H and O–H groups in total. The first-order valence-electron chi connectivity index (χ1n) is 6.04. The number of benzene rings is 1. The maximum Gasteiger partial charge on any atom is 0.157 e. The first-order valence-corrected chi connectivity index (χ1v) is 8.27. The average Bonchev–Trinajstić information content (AvgIpc) is 2.65. The van der Waals surface area contributed by atoms with Crippen LogP contribution in [0.3, 0.4) is 0 Å². The van der Waals surface area contributed by atoms with Crippen molar-refractivity contribution in [1.82, 2.24) is 0 Å². The molecule has 0 fully saturated rings. The summed E-state index contributed by atoms with van der Waals surface area (Å²) in [6.45, 7) is 5.72. The lowest BCUT2D eigenvalue weighted by atomic mass is 9.86. The molecule has 2 rings (SSSR count). The molecular weight excluding hydrogens is 280 g/mol. The minimum absolute atomic E-state index is 0.123. The van der Waals surface area contributed by atoms with Crippen LogP contribution in [0.2, 0.25) is 0 Å². The number of hydrogen-bond donors (Lipinski definition) is 2. The molecule has 0 spiro atoms. The highest BCUT2D eigenvalue weighted by atomic mass is 32.2. The van der Waals surface area contributed by atoms with Gasteiger partial charge in [0.15, 0.2) is 17.3 Å². The van der Waals surface area contributed by atoms with E-state index in [1.165, 1.54) is 6.07 Å². The summed E-state index contributed by atoms with van der Waals surface area (Å²) in [6, 6.07) is 3.11. The van der Waals surface area contributed by atoms with E-state index in [2.05, 4.69) is 0 Å². The number of Topliss-reactive ketones (excluding diaryl/α,β-unsaturated/α-hetero) is 1. The fourth-order valence-electron chi connectivity index (χ4n) is 2.09. The first kappa shape index (κ1) is 14.6. The normalized spacial score (nSPS) is 22.3. The number of ketones is 1. The van der Waals surface area contributed by atoms with Crippen LogP contribution >= 0.6 is 23.5 Å². The van der Waals surface area contributed by atoms with E-state index < -0.39 is 5.41 Å². The Balaban J connectivity index is 2.49. The molecule has 1 aliphatic rings. The Labute approximate surface area is 121 Å². The van der Waals surface area contributed by atoms with Crippen LogP contribution in [0.1, 0.15) is 41.7 Å². The molecule has 19 heavy (non-hydrogen) atoms. The summed E-state index contributed by atoms with van der Waals surface area (Å²) in [5, 5.41) is 19.0. The third-order valence-electron chi connectivity index (χ3n) is 3.17. The minimum Gasteiger partial charge on any atom is -0.504 e. The van der Waals surface area contributed by atoms with Crippen molar-refractivity contribution in [1.29, 1.82) is 0 Å². The Kier molecular flexibility index (Phi) is 3.80. The van der Waals surface area contributed by atoms with Gasteiger partial charge in [0.1, 0.15) is 0 Å². The van der Waals surface area contributed by atoms with Crippen molar-refractivity contribution in [2.75, 3.05) is 6.26 Å². The van der Waals surface area contributed by atoms with Gasteiger partial charge in [-0.2, -0.15) is 0 Å². The first-order chi connectivity index (χ1) is 8.75. The highest BCUT2D eigenvalue weighted by molar-refractivity contribution is 8.16. The lowest BCUT2D eigenvalue weighted by Crippen LogP contribution is -2.24. The molecule has 2 atom stereocenters. The zero-order valence-electron chi connectivity index (χ0n) is 11.4. The van der Waals surface area contributed by atoms with E-state index >= 15 is 0 Å². The van der Waals surface area contributed by atoms with Crippen molar-refractivity contribution in [3.8, 4) is 11.5 Å². The van der Waals surface area contributed by atoms with Gasteiger partial charge in [0.25, 0.3) is 0 Å². The molecule has 0 amide bonds. The van der Waals surface area contributed by atoms with Gasteiger partial charge in [-0.25, -0.2) is 0 Å². The fraction of sp³-hybridized carbons (Fsp3) is 0.500. The topological polar surface area (TPSA) is 57.5 Å². The second-order valence-corrected chi connectivity index (χ2v) is 8.12. The number of thioether (sulfide) groups is 2. The third kappa shape index (κ3) is 2.58. The van der Waals surface area contributed by atoms with Crippen LogP contribution in [0, 0.1) is 5.41 Å². The summed E-state index contributed by atoms with van der Waals surface area (Å²) in [5.41, 5.74) is 1.35. The molecule has 1 heterocycles. The third-order valence-corrected chi connectivity index (χ3v) is 6.00. The van der Waals surface area contributed by atoms with E-state index in [0.717, 1.165) is 11.1 Å². The van der Waals surface area contributed by atoms with Crippen molar-refractivity contribution < 1.29 is 15.0 Å². The number of fused-ring (bicyclic) bond motifs is 1. The van der Waals surface area contributed by atoms with Crippen molar-refractivity contribution in [2.45, 2.75) is 30.6 Å². The lowest BCUT2D eigenvalue weighted by Gasteiger charge is -2.21. The van der Waals surface area contributed by atoms with Gasteiger partial charge in [-0.05, 0) is 29.5 Å². The van der Waals surface area contributed by atoms with Crippen LogP contribution in [-0.2, 0) is 4.79 Å². The smallest absolute Gasteiger partial charge is 0.157 e. The van der Waals surface area contributed by atoms with Gasteiger partial charge in [-0.15, -0.1) is 23.5 Å². The van der Waals surface area contributed by atoms with E-state index in [-0.39, 0.29) is 27.1 Å². The van der Waals surface area contributed by atoms with Crippen molar-refractivity contribution >= 4 is 29.3 Å². The quantitative estimate of drug-likeness (QED) is 0.812. The fourth-order valence-corrected chi connectivity index (χ4v) is 4.75. The maximum absolute atomic E-state index is 12.5. The molecule has 2 unspecified atom stereocenters. The second kappa shape index (κ2) is 4.94. The number of carbonyl (C=O) groups excluding carboxylic acids is 1. The SMILES string of the molecule is CSC1SC(C(=O)C(C)(C)C)c2cc(O)c(O)cc21. The molecule has 0 bridgehead atoms. The molecule has 3 nitrogen and oxygen atoms in total. The molecule has 0 saturated heterocycles. The molecule has 5 heteroatoms. The summed E-state index contributed by atoms with van der Waals surface area (Å²) in [5.74, 6) is -0.129. The van der Waals surface area contributed by atoms with Crippen LogP contribution in [0.15, 0.2) is 12.1 Å². The van der Waals surface area contributed by atoms with Crippen LogP contribution in [0.25, 0.3) is 0 Å². The Morgan fingerprint density at radius 2 is 1.74 bits per heavy atom. The number of carbonyl (C=O) groups is 1. The number of phenolic OH excluding ortho intramolecular Hbond substituents is 2. The molecule has 1 aromatic rings. The van der Waals surface area contributed by atoms with Crippen molar-refractivity contribution in [3.63, 3.8) is 0 Å². The summed E-state index contributed by atoms with van der Waals surface area (Å²) in [4.78, 5) is 12.5. The summed E-state index contributed by atoms with van der Waals surface area (Å²) < 4.78 is 0.123. The maximum atomic E-state index is 12.5. The molecule has 1 aliphatic heterocycles. The molecule has 1 aromatic carbocycles. The molecule has 0 radical (unpaired) electrons. The van der Waals surface area contributed by atoms with Crippen LogP contribution in [0.5, 0.6) is 11.5 Å². The van der Waals surface area contributed by atoms with Gasteiger partial charge >= 0.3 is 0 Å². The highest BCUT2D eigenvalue weighted by Gasteiger charge is 2.40. The van der Waals surface area contributed by atoms with E-state index in [4.69, 9.17) is 0 Å². The number of hydrogen-bond acceptors (Lipinski definition) is 5. The minimum atomic E-state index is -0.421. The van der Waals surface area contributed by atoms with Crippen LogP contribution in [-0.4, -0.2) is 22.3 Å². The Morgan fingerprint density at radius 3 is 2.21 bits per heavy atom. The monoisotopic (exact) mass is 298 g/mol. The number of phenols is 2. The van der Waals surface area contributed by atoms with Crippen LogP contribution in [0.4, 0.5) is 0 Å². The van der Waals surface area contributed by atoms with Crippen molar-refractivity contribution in [3.05, 3.63) is 23.3 Å². The molecule has 0 saturated carbocycles.